The SMILES string of the molecule is CC1(C)C(=CC=C2CCCC(C=CC3=[N+](CCCCS(=O)(=O)O)c4ccccc4C3(C)C)=C2Oc2ccc(C[C@H](CC(=O)CCCNC(=O)[C@@H](CC(=O)[C@H](Cc3ccccc3)NC(=O)CCCCC(=O)CC[C@H](NC(=O)NCCCC(=O)O)C(=O)O)Cc3ccccc3)C(=O)O)cc2)N(CCCCS(=O)(=O)O)c2ccccc21. The molecule has 4 atom stereocenters. The summed E-state index contributed by atoms with van der Waals surface area (Å²) >= 11 is 0. The summed E-state index contributed by atoms with van der Waals surface area (Å²) in [7, 11) is -8.30. The lowest BCUT2D eigenvalue weighted by atomic mass is 9.81. The van der Waals surface area contributed by atoms with E-state index in [1.54, 1.807) is 36.4 Å². The highest BCUT2D eigenvalue weighted by Gasteiger charge is 2.45. The van der Waals surface area contributed by atoms with E-state index in [1.807, 2.05) is 84.9 Å². The molecule has 2 aliphatic heterocycles. The maximum absolute atomic E-state index is 14.4. The molecule has 5 aromatic carbocycles. The quantitative estimate of drug-likeness (QED) is 0.00992. The number of aliphatic carboxylic acids is 3. The van der Waals surface area contributed by atoms with Crippen molar-refractivity contribution in [2.45, 2.75) is 192 Å². The van der Waals surface area contributed by atoms with Crippen molar-refractivity contribution in [1.82, 2.24) is 21.3 Å². The van der Waals surface area contributed by atoms with Crippen molar-refractivity contribution in [3.8, 4) is 5.75 Å². The van der Waals surface area contributed by atoms with Gasteiger partial charge in [0.25, 0.3) is 20.2 Å². The van der Waals surface area contributed by atoms with E-state index in [0.29, 0.717) is 55.8 Å². The molecule has 5 aromatic rings. The number of anilines is 1. The first-order valence-corrected chi connectivity index (χ1v) is 42.0. The molecule has 113 heavy (non-hydrogen) atoms. The summed E-state index contributed by atoms with van der Waals surface area (Å²) in [6.07, 6.45) is 12.0. The fourth-order valence-electron chi connectivity index (χ4n) is 14.8. The minimum atomic E-state index is -4.15. The molecule has 0 fully saturated rings. The van der Waals surface area contributed by atoms with Crippen LogP contribution in [0.15, 0.2) is 180 Å². The van der Waals surface area contributed by atoms with E-state index < -0.39 is 96.5 Å². The number of amides is 4. The molecule has 9 N–H and O–H groups in total. The molecule has 27 heteroatoms. The maximum Gasteiger partial charge on any atom is 0.326 e. The molecule has 0 spiro atoms. The number of nitrogens with one attached hydrogen (secondary N) is 4. The summed E-state index contributed by atoms with van der Waals surface area (Å²) in [4.78, 5) is 118. The summed E-state index contributed by atoms with van der Waals surface area (Å²) in [6.45, 7) is 9.65. The second-order valence-electron chi connectivity index (χ2n) is 30.3. The predicted octanol–water partition coefficient (Wildman–Crippen LogP) is 12.3. The molecule has 1 aliphatic carbocycles. The lowest BCUT2D eigenvalue weighted by Gasteiger charge is -2.27. The van der Waals surface area contributed by atoms with Crippen LogP contribution in [0.1, 0.15) is 178 Å². The van der Waals surface area contributed by atoms with Gasteiger partial charge in [0.05, 0.1) is 28.9 Å². The van der Waals surface area contributed by atoms with Gasteiger partial charge in [0, 0.05) is 111 Å². The average molecular weight is 1590 g/mol. The fourth-order valence-corrected chi connectivity index (χ4v) is 15.9. The highest BCUT2D eigenvalue weighted by molar-refractivity contribution is 7.86. The summed E-state index contributed by atoms with van der Waals surface area (Å²) in [5.41, 5.74) is 9.26. The molecule has 0 unspecified atom stereocenters. The van der Waals surface area contributed by atoms with E-state index in [2.05, 4.69) is 94.9 Å². The van der Waals surface area contributed by atoms with Crippen LogP contribution in [0.4, 0.5) is 16.2 Å². The molecule has 3 aliphatic rings. The lowest BCUT2D eigenvalue weighted by Crippen LogP contribution is -2.46. The van der Waals surface area contributed by atoms with E-state index in [9.17, 15) is 79.3 Å². The van der Waals surface area contributed by atoms with Crippen LogP contribution in [0.25, 0.3) is 0 Å². The first-order chi connectivity index (χ1) is 53.8. The highest BCUT2D eigenvalue weighted by atomic mass is 32.2. The van der Waals surface area contributed by atoms with Crippen LogP contribution in [-0.2, 0) is 88.7 Å². The van der Waals surface area contributed by atoms with Crippen molar-refractivity contribution in [1.29, 1.82) is 0 Å². The van der Waals surface area contributed by atoms with Gasteiger partial charge >= 0.3 is 23.9 Å². The third-order valence-corrected chi connectivity index (χ3v) is 22.4. The van der Waals surface area contributed by atoms with Crippen molar-refractivity contribution < 1.29 is 93.7 Å². The Kier molecular flexibility index (Phi) is 32.9. The van der Waals surface area contributed by atoms with Crippen LogP contribution in [0.3, 0.4) is 0 Å². The second kappa shape index (κ2) is 42.1. The van der Waals surface area contributed by atoms with E-state index in [4.69, 9.17) is 9.84 Å². The van der Waals surface area contributed by atoms with Gasteiger partial charge in [0.15, 0.2) is 11.5 Å². The molecule has 0 aromatic heterocycles. The number of carbonyl (C=O) groups is 9. The first kappa shape index (κ1) is 88.3. The third kappa shape index (κ3) is 27.6. The lowest BCUT2D eigenvalue weighted by molar-refractivity contribution is -0.438. The molecule has 0 bridgehead atoms. The van der Waals surface area contributed by atoms with Gasteiger partial charge in [0.2, 0.25) is 17.5 Å². The number of nitrogens with zero attached hydrogens (tertiary/aromatic N) is 2. The van der Waals surface area contributed by atoms with E-state index >= 15 is 0 Å². The van der Waals surface area contributed by atoms with Crippen LogP contribution < -0.4 is 30.9 Å². The minimum Gasteiger partial charge on any atom is -0.481 e. The number of ketones is 3. The van der Waals surface area contributed by atoms with Gasteiger partial charge in [-0.05, 0) is 167 Å². The van der Waals surface area contributed by atoms with Crippen LogP contribution >= 0.6 is 0 Å². The van der Waals surface area contributed by atoms with Gasteiger partial charge in [-0.15, -0.1) is 0 Å². The smallest absolute Gasteiger partial charge is 0.326 e. The topological polar surface area (TPSA) is 387 Å². The summed E-state index contributed by atoms with van der Waals surface area (Å²) in [5.74, 6) is -7.06. The Bertz CT molecular complexity index is 4610. The summed E-state index contributed by atoms with van der Waals surface area (Å²) in [6, 6.07) is 38.3. The number of Topliss-reactive ketones (excluding diaryl/α,β-unsaturated/α-hetero) is 3. The molecule has 0 saturated heterocycles. The van der Waals surface area contributed by atoms with E-state index in [-0.39, 0.29) is 145 Å². The van der Waals surface area contributed by atoms with Crippen molar-refractivity contribution in [2.24, 2.45) is 11.8 Å². The highest BCUT2D eigenvalue weighted by Crippen LogP contribution is 2.48. The van der Waals surface area contributed by atoms with Crippen molar-refractivity contribution in [3.63, 3.8) is 0 Å². The van der Waals surface area contributed by atoms with E-state index in [0.717, 1.165) is 62.6 Å². The van der Waals surface area contributed by atoms with Crippen LogP contribution in [-0.4, -0.2) is 154 Å². The van der Waals surface area contributed by atoms with Crippen LogP contribution in [0.5, 0.6) is 5.75 Å². The summed E-state index contributed by atoms with van der Waals surface area (Å²) < 4.78 is 75.2. The zero-order valence-electron chi connectivity index (χ0n) is 64.8. The average Bonchev–Trinajstić information content (AvgIpc) is 1.60. The Balaban J connectivity index is 0.916. The Labute approximate surface area is 662 Å². The van der Waals surface area contributed by atoms with Gasteiger partial charge in [0.1, 0.15) is 35.7 Å². The van der Waals surface area contributed by atoms with Crippen LogP contribution in [0, 0.1) is 11.8 Å². The van der Waals surface area contributed by atoms with Gasteiger partial charge in [-0.2, -0.15) is 21.4 Å². The number of carboxylic acid groups (broad SMARTS) is 3. The molecule has 2 heterocycles. The minimum absolute atomic E-state index is 0.0109. The monoisotopic (exact) mass is 1590 g/mol. The largest absolute Gasteiger partial charge is 0.481 e. The standard InChI is InChI=1S/C86H106N6O19S2/c1-85(2)69-32-12-14-34-73(69)91(50-17-19-52-112(105,106)107)76(85)46-40-62-28-21-29-63(41-47-77-86(3,4)70-33-13-15-35-74(70)92(77)51-18-20-53-113(108,109)110)80(62)111-68-43-38-61(39-44-68)55-65(82(100)101)57-67(94)31-22-48-87-81(99)64(54-59-24-7-5-8-25-59)58-75(95)72(56-60-26-9-6-10-27-60)89-78(96)36-16-11-30-66(93)42-45-71(83(102)103)90-84(104)88-49-23-37-79(97)98/h5-10,12-15,24-27,32-35,38-41,43-44,46-47,64-65,71-72H,11,16-23,28-31,36-37,42,45,48-58H2,1-4H3,(H8-,87,88,89,90,96,97,98,99,100,101,102,103,104,105,106,107,108,109,110)/p+1/t64-,65-,71+,72+/m1/s1. The summed E-state index contributed by atoms with van der Waals surface area (Å²) in [5, 5.41) is 39.4. The van der Waals surface area contributed by atoms with Gasteiger partial charge in [-0.25, -0.2) is 9.59 Å². The second-order valence-corrected chi connectivity index (χ2v) is 33.5. The first-order valence-electron chi connectivity index (χ1n) is 38.8. The Morgan fingerprint density at radius 3 is 1.81 bits per heavy atom. The van der Waals surface area contributed by atoms with Crippen molar-refractivity contribution in [2.75, 3.05) is 42.6 Å². The number of carboxylic acids is 3. The number of carbonyl (C=O) groups excluding carboxylic acids is 6. The Morgan fingerprint density at radius 2 is 1.14 bits per heavy atom. The molecule has 0 radical (unpaired) electrons. The molecule has 0 saturated carbocycles. The zero-order chi connectivity index (χ0) is 81.9. The van der Waals surface area contributed by atoms with Crippen molar-refractivity contribution in [3.05, 3.63) is 208 Å². The fraction of sp³-hybridized carbons (Fsp3) is 0.442. The van der Waals surface area contributed by atoms with Gasteiger partial charge in [-0.1, -0.05) is 129 Å². The molecule has 25 nitrogen and oxygen atoms in total. The van der Waals surface area contributed by atoms with E-state index in [1.165, 1.54) is 0 Å². The maximum atomic E-state index is 14.4. The van der Waals surface area contributed by atoms with Gasteiger partial charge < -0.3 is 46.2 Å². The molecular formula is C86H107N6O19S2+. The Hall–Kier alpha value is -10.2. The number of para-hydroxylation sites is 2. The Morgan fingerprint density at radius 1 is 0.549 bits per heavy atom. The number of urea groups is 1. The molecular weight excluding hydrogens is 1490 g/mol. The molecule has 8 rings (SSSR count). The van der Waals surface area contributed by atoms with Crippen molar-refractivity contribution >= 4 is 90.4 Å². The van der Waals surface area contributed by atoms with Crippen LogP contribution in [0.2, 0.25) is 0 Å². The number of benzene rings is 5. The number of unbranched alkanes of at least 4 members (excludes halogenated alkanes) is 3. The molecule has 4 amide bonds. The number of fused-ring (bicyclic) bond motifs is 2. The third-order valence-electron chi connectivity index (χ3n) is 20.8. The number of allylic oxidation sites excluding steroid dienone is 7. The van der Waals surface area contributed by atoms with Gasteiger partial charge in [-0.3, -0.25) is 42.7 Å². The number of hydrogen-bond donors (Lipinski definition) is 9. The predicted molar refractivity (Wildman–Crippen MR) is 430 cm³/mol. The number of ether oxygens (including phenoxy) is 1. The number of hydrogen-bond acceptors (Lipinski definition) is 15. The molecule has 606 valence electrons. The zero-order valence-corrected chi connectivity index (χ0v) is 66.4. The normalized spacial score (nSPS) is 16.2. The number of rotatable bonds is 47.